The summed E-state index contributed by atoms with van der Waals surface area (Å²) < 4.78 is 5.32. The smallest absolute Gasteiger partial charge is 0.320 e. The molecule has 0 bridgehead atoms. The van der Waals surface area contributed by atoms with E-state index < -0.39 is 0 Å². The molecule has 2 aliphatic heterocycles. The van der Waals surface area contributed by atoms with Gasteiger partial charge in [0.2, 0.25) is 5.91 Å². The number of nitrogens with zero attached hydrogens (tertiary/aromatic N) is 3. The molecule has 3 heterocycles. The average molecular weight is 348 g/mol. The highest BCUT2D eigenvalue weighted by Crippen LogP contribution is 2.21. The van der Waals surface area contributed by atoms with Gasteiger partial charge in [-0.25, -0.2) is 4.79 Å². The van der Waals surface area contributed by atoms with Crippen LogP contribution in [0.5, 0.6) is 0 Å². The van der Waals surface area contributed by atoms with Gasteiger partial charge in [0.1, 0.15) is 5.76 Å². The summed E-state index contributed by atoms with van der Waals surface area (Å²) >= 11 is 0. The number of nitrogens with one attached hydrogen (secondary N) is 1. The first-order chi connectivity index (χ1) is 12.1. The number of furan rings is 1. The van der Waals surface area contributed by atoms with Crippen molar-refractivity contribution in [2.45, 2.75) is 38.8 Å². The van der Waals surface area contributed by atoms with Crippen molar-refractivity contribution in [1.29, 1.82) is 0 Å². The van der Waals surface area contributed by atoms with Crippen LogP contribution in [0, 0.1) is 0 Å². The van der Waals surface area contributed by atoms with Crippen molar-refractivity contribution in [3.63, 3.8) is 0 Å². The van der Waals surface area contributed by atoms with Gasteiger partial charge in [-0.1, -0.05) is 0 Å². The minimum atomic E-state index is -0.123. The zero-order chi connectivity index (χ0) is 17.8. The van der Waals surface area contributed by atoms with E-state index in [4.69, 9.17) is 4.42 Å². The van der Waals surface area contributed by atoms with Gasteiger partial charge in [-0.3, -0.25) is 9.69 Å². The van der Waals surface area contributed by atoms with E-state index in [1.54, 1.807) is 6.26 Å². The maximum atomic E-state index is 12.3. The Kier molecular flexibility index (Phi) is 5.63. The summed E-state index contributed by atoms with van der Waals surface area (Å²) in [5.41, 5.74) is 0. The summed E-state index contributed by atoms with van der Waals surface area (Å²) in [7, 11) is 0. The number of carbonyl (C=O) groups excluding carboxylic acids is 2. The number of hydrogen-bond acceptors (Lipinski definition) is 4. The minimum absolute atomic E-state index is 0.0109. The second-order valence-electron chi connectivity index (χ2n) is 6.87. The molecule has 7 heteroatoms. The van der Waals surface area contributed by atoms with Crippen molar-refractivity contribution < 1.29 is 14.0 Å². The monoisotopic (exact) mass is 348 g/mol. The first-order valence-corrected chi connectivity index (χ1v) is 9.19. The zero-order valence-corrected chi connectivity index (χ0v) is 15.1. The van der Waals surface area contributed by atoms with Gasteiger partial charge in [0.15, 0.2) is 0 Å². The maximum Gasteiger partial charge on any atom is 0.320 e. The first kappa shape index (κ1) is 17.8. The lowest BCUT2D eigenvalue weighted by molar-refractivity contribution is -0.123. The molecule has 25 heavy (non-hydrogen) atoms. The molecule has 2 fully saturated rings. The Morgan fingerprint density at radius 2 is 2.08 bits per heavy atom. The third-order valence-corrected chi connectivity index (χ3v) is 5.22. The molecular formula is C18H28N4O3. The molecule has 1 atom stereocenters. The Labute approximate surface area is 148 Å². The van der Waals surface area contributed by atoms with Crippen molar-refractivity contribution in [3.05, 3.63) is 24.2 Å². The fourth-order valence-electron chi connectivity index (χ4n) is 3.72. The minimum Gasteiger partial charge on any atom is -0.467 e. The topological polar surface area (TPSA) is 69.0 Å². The molecular weight excluding hydrogens is 320 g/mol. The average Bonchev–Trinajstić information content (AvgIpc) is 3.25. The van der Waals surface area contributed by atoms with E-state index in [0.29, 0.717) is 12.6 Å². The number of likely N-dealkylation sites (N-methyl/N-ethyl adjacent to an activating group) is 1. The van der Waals surface area contributed by atoms with Crippen LogP contribution in [0.4, 0.5) is 4.79 Å². The van der Waals surface area contributed by atoms with Crippen molar-refractivity contribution >= 4 is 11.9 Å². The van der Waals surface area contributed by atoms with Crippen molar-refractivity contribution in [3.8, 4) is 0 Å². The molecule has 2 saturated heterocycles. The van der Waals surface area contributed by atoms with E-state index in [1.807, 2.05) is 35.8 Å². The van der Waals surface area contributed by atoms with Gasteiger partial charge in [0.25, 0.3) is 0 Å². The van der Waals surface area contributed by atoms with Crippen LogP contribution in [0.1, 0.15) is 38.5 Å². The van der Waals surface area contributed by atoms with Gasteiger partial charge in [0, 0.05) is 38.8 Å². The zero-order valence-electron chi connectivity index (χ0n) is 15.1. The van der Waals surface area contributed by atoms with Crippen LogP contribution >= 0.6 is 0 Å². The molecule has 1 N–H and O–H groups in total. The Bertz CT molecular complexity index is 581. The Morgan fingerprint density at radius 3 is 2.68 bits per heavy atom. The lowest BCUT2D eigenvalue weighted by Crippen LogP contribution is -2.48. The van der Waals surface area contributed by atoms with E-state index in [1.165, 1.54) is 0 Å². The third-order valence-electron chi connectivity index (χ3n) is 5.22. The van der Waals surface area contributed by atoms with E-state index in [-0.39, 0.29) is 18.0 Å². The molecule has 3 amide bonds. The lowest BCUT2D eigenvalue weighted by Gasteiger charge is -2.36. The normalized spacial score (nSPS) is 21.0. The van der Waals surface area contributed by atoms with Gasteiger partial charge in [0.05, 0.1) is 18.8 Å². The molecule has 138 valence electrons. The van der Waals surface area contributed by atoms with Crippen LogP contribution in [-0.4, -0.2) is 71.9 Å². The van der Waals surface area contributed by atoms with Crippen LogP contribution in [0.3, 0.4) is 0 Å². The largest absolute Gasteiger partial charge is 0.467 e. The Hall–Kier alpha value is -2.02. The Balaban J connectivity index is 1.42. The highest BCUT2D eigenvalue weighted by Gasteiger charge is 2.34. The summed E-state index contributed by atoms with van der Waals surface area (Å²) in [4.78, 5) is 30.6. The molecule has 0 unspecified atom stereocenters. The highest BCUT2D eigenvalue weighted by atomic mass is 16.3. The number of piperidine rings is 1. The van der Waals surface area contributed by atoms with Gasteiger partial charge in [-0.2, -0.15) is 0 Å². The van der Waals surface area contributed by atoms with E-state index in [0.717, 1.165) is 51.3 Å². The summed E-state index contributed by atoms with van der Waals surface area (Å²) in [6.45, 7) is 8.48. The lowest BCUT2D eigenvalue weighted by atomic mass is 10.0. The third kappa shape index (κ3) is 4.15. The molecule has 0 saturated carbocycles. The van der Waals surface area contributed by atoms with Crippen molar-refractivity contribution in [2.24, 2.45) is 0 Å². The first-order valence-electron chi connectivity index (χ1n) is 9.19. The number of rotatable bonds is 6. The number of hydrogen-bond donors (Lipinski definition) is 1. The molecule has 1 aromatic heterocycles. The number of amides is 3. The SMILES string of the molecule is CCN1CCN(C2CCN(CC(=O)N[C@H](C)c3ccco3)CC2)C1=O. The van der Waals surface area contributed by atoms with Crippen molar-refractivity contribution in [2.75, 3.05) is 39.3 Å². The summed E-state index contributed by atoms with van der Waals surface area (Å²) in [5.74, 6) is 0.775. The molecule has 1 aromatic rings. The number of urea groups is 1. The molecule has 7 nitrogen and oxygen atoms in total. The summed E-state index contributed by atoms with van der Waals surface area (Å²) in [5, 5.41) is 2.97. The maximum absolute atomic E-state index is 12.3. The van der Waals surface area contributed by atoms with Crippen LogP contribution in [-0.2, 0) is 4.79 Å². The second kappa shape index (κ2) is 7.91. The molecule has 3 rings (SSSR count). The fraction of sp³-hybridized carbons (Fsp3) is 0.667. The van der Waals surface area contributed by atoms with Gasteiger partial charge in [-0.15, -0.1) is 0 Å². The summed E-state index contributed by atoms with van der Waals surface area (Å²) in [6, 6.07) is 4.05. The predicted molar refractivity (Wildman–Crippen MR) is 94.1 cm³/mol. The molecule has 0 aliphatic carbocycles. The van der Waals surface area contributed by atoms with Gasteiger partial charge in [-0.05, 0) is 38.8 Å². The van der Waals surface area contributed by atoms with E-state index in [2.05, 4.69) is 10.2 Å². The summed E-state index contributed by atoms with van der Waals surface area (Å²) in [6.07, 6.45) is 3.48. The Morgan fingerprint density at radius 1 is 1.32 bits per heavy atom. The fourth-order valence-corrected chi connectivity index (χ4v) is 3.72. The number of likely N-dealkylation sites (tertiary alicyclic amines) is 1. The standard InChI is InChI=1S/C18H28N4O3/c1-3-21-10-11-22(18(21)24)15-6-8-20(9-7-15)13-17(23)19-14(2)16-5-4-12-25-16/h4-5,12,14-15H,3,6-11,13H2,1-2H3,(H,19,23)/t14-/m1/s1. The molecule has 0 aromatic carbocycles. The quantitative estimate of drug-likeness (QED) is 0.849. The van der Waals surface area contributed by atoms with Crippen LogP contribution in [0.25, 0.3) is 0 Å². The van der Waals surface area contributed by atoms with Crippen LogP contribution in [0.15, 0.2) is 22.8 Å². The van der Waals surface area contributed by atoms with E-state index >= 15 is 0 Å². The highest BCUT2D eigenvalue weighted by molar-refractivity contribution is 5.78. The molecule has 2 aliphatic rings. The number of carbonyl (C=O) groups is 2. The molecule has 0 radical (unpaired) electrons. The van der Waals surface area contributed by atoms with Crippen LogP contribution in [0.2, 0.25) is 0 Å². The van der Waals surface area contributed by atoms with E-state index in [9.17, 15) is 9.59 Å². The molecule has 0 spiro atoms. The van der Waals surface area contributed by atoms with Gasteiger partial charge < -0.3 is 19.5 Å². The van der Waals surface area contributed by atoms with Crippen LogP contribution < -0.4 is 5.32 Å². The van der Waals surface area contributed by atoms with Crippen molar-refractivity contribution in [1.82, 2.24) is 20.0 Å². The van der Waals surface area contributed by atoms with Gasteiger partial charge >= 0.3 is 6.03 Å². The predicted octanol–water partition coefficient (Wildman–Crippen LogP) is 1.68. The second-order valence-corrected chi connectivity index (χ2v) is 6.87.